The standard InChI is InChI=1S/C16H25N3O2/c1-5-6-19-10-16(9-18-19)20-11-15-7-14(13(4)21-15)8-17-12(2)3/h7,9-10,12,17H,5-6,8,11H2,1-4H3. The molecule has 2 heterocycles. The number of rotatable bonds is 8. The maximum atomic E-state index is 5.73. The number of nitrogens with one attached hydrogen (secondary N) is 1. The summed E-state index contributed by atoms with van der Waals surface area (Å²) >= 11 is 0. The third kappa shape index (κ3) is 4.63. The summed E-state index contributed by atoms with van der Waals surface area (Å²) in [4.78, 5) is 0. The minimum Gasteiger partial charge on any atom is -0.482 e. The van der Waals surface area contributed by atoms with E-state index in [1.54, 1.807) is 6.20 Å². The Hall–Kier alpha value is -1.75. The van der Waals surface area contributed by atoms with Crippen LogP contribution in [0.3, 0.4) is 0 Å². The fraction of sp³-hybridized carbons (Fsp3) is 0.562. The molecule has 0 atom stereocenters. The Kier molecular flexibility index (Phi) is 5.44. The number of aromatic nitrogens is 2. The smallest absolute Gasteiger partial charge is 0.157 e. The van der Waals surface area contributed by atoms with Crippen LogP contribution in [-0.2, 0) is 19.7 Å². The molecule has 5 heteroatoms. The highest BCUT2D eigenvalue weighted by molar-refractivity contribution is 5.21. The van der Waals surface area contributed by atoms with Crippen molar-refractivity contribution in [2.75, 3.05) is 0 Å². The van der Waals surface area contributed by atoms with Gasteiger partial charge in [0.2, 0.25) is 0 Å². The zero-order valence-corrected chi connectivity index (χ0v) is 13.3. The Balaban J connectivity index is 1.89. The van der Waals surface area contributed by atoms with Crippen LogP contribution in [0.5, 0.6) is 5.75 Å². The Morgan fingerprint density at radius 2 is 2.24 bits per heavy atom. The highest BCUT2D eigenvalue weighted by Gasteiger charge is 2.09. The zero-order valence-electron chi connectivity index (χ0n) is 13.3. The highest BCUT2D eigenvalue weighted by atomic mass is 16.5. The van der Waals surface area contributed by atoms with Gasteiger partial charge in [-0.05, 0) is 19.4 Å². The summed E-state index contributed by atoms with van der Waals surface area (Å²) in [5.74, 6) is 2.57. The van der Waals surface area contributed by atoms with E-state index in [-0.39, 0.29) is 0 Å². The molecule has 0 fully saturated rings. The third-order valence-electron chi connectivity index (χ3n) is 3.22. The van der Waals surface area contributed by atoms with Gasteiger partial charge in [-0.15, -0.1) is 0 Å². The van der Waals surface area contributed by atoms with E-state index in [0.717, 1.165) is 36.8 Å². The second-order valence-electron chi connectivity index (χ2n) is 5.56. The lowest BCUT2D eigenvalue weighted by atomic mass is 10.2. The van der Waals surface area contributed by atoms with E-state index < -0.39 is 0 Å². The van der Waals surface area contributed by atoms with Crippen LogP contribution < -0.4 is 10.1 Å². The Morgan fingerprint density at radius 3 is 2.95 bits per heavy atom. The van der Waals surface area contributed by atoms with Crippen LogP contribution in [0.15, 0.2) is 22.9 Å². The first-order valence-corrected chi connectivity index (χ1v) is 7.55. The van der Waals surface area contributed by atoms with Crippen molar-refractivity contribution in [2.45, 2.75) is 59.9 Å². The van der Waals surface area contributed by atoms with Gasteiger partial charge in [0, 0.05) is 24.7 Å². The van der Waals surface area contributed by atoms with E-state index in [1.807, 2.05) is 17.8 Å². The molecule has 0 aliphatic heterocycles. The summed E-state index contributed by atoms with van der Waals surface area (Å²) in [6.45, 7) is 10.5. The molecule has 0 aromatic carbocycles. The average molecular weight is 291 g/mol. The minimum atomic E-state index is 0.431. The summed E-state index contributed by atoms with van der Waals surface area (Å²) in [6, 6.07) is 2.52. The summed E-state index contributed by atoms with van der Waals surface area (Å²) in [5, 5.41) is 7.63. The Bertz CT molecular complexity index is 558. The highest BCUT2D eigenvalue weighted by Crippen LogP contribution is 2.17. The molecule has 21 heavy (non-hydrogen) atoms. The van der Waals surface area contributed by atoms with Gasteiger partial charge in [0.15, 0.2) is 5.75 Å². The van der Waals surface area contributed by atoms with Gasteiger partial charge in [-0.3, -0.25) is 4.68 Å². The summed E-state index contributed by atoms with van der Waals surface area (Å²) in [7, 11) is 0. The van der Waals surface area contributed by atoms with E-state index >= 15 is 0 Å². The lowest BCUT2D eigenvalue weighted by Gasteiger charge is -2.05. The Morgan fingerprint density at radius 1 is 1.43 bits per heavy atom. The fourth-order valence-electron chi connectivity index (χ4n) is 2.07. The van der Waals surface area contributed by atoms with Crippen molar-refractivity contribution in [1.82, 2.24) is 15.1 Å². The van der Waals surface area contributed by atoms with Crippen molar-refractivity contribution >= 4 is 0 Å². The van der Waals surface area contributed by atoms with E-state index in [1.165, 1.54) is 5.56 Å². The molecule has 2 aromatic rings. The first-order chi connectivity index (χ1) is 10.1. The van der Waals surface area contributed by atoms with E-state index in [0.29, 0.717) is 12.6 Å². The number of hydrogen-bond donors (Lipinski definition) is 1. The van der Waals surface area contributed by atoms with Gasteiger partial charge in [-0.1, -0.05) is 20.8 Å². The SMILES string of the molecule is CCCn1cc(OCc2cc(CNC(C)C)c(C)o2)cn1. The molecule has 116 valence electrons. The molecule has 0 saturated carbocycles. The van der Waals surface area contributed by atoms with E-state index in [2.05, 4.69) is 37.3 Å². The summed E-state index contributed by atoms with van der Waals surface area (Å²) < 4.78 is 13.3. The number of nitrogens with zero attached hydrogens (tertiary/aromatic N) is 2. The molecule has 2 aromatic heterocycles. The van der Waals surface area contributed by atoms with Crippen LogP contribution in [-0.4, -0.2) is 15.8 Å². The predicted molar refractivity (Wildman–Crippen MR) is 82.3 cm³/mol. The average Bonchev–Trinajstić information content (AvgIpc) is 3.01. The van der Waals surface area contributed by atoms with Crippen LogP contribution in [0, 0.1) is 6.92 Å². The molecular formula is C16H25N3O2. The van der Waals surface area contributed by atoms with Gasteiger partial charge in [-0.2, -0.15) is 5.10 Å². The second-order valence-corrected chi connectivity index (χ2v) is 5.56. The quantitative estimate of drug-likeness (QED) is 0.811. The molecule has 0 aliphatic carbocycles. The number of ether oxygens (including phenoxy) is 1. The molecule has 1 N–H and O–H groups in total. The van der Waals surface area contributed by atoms with Gasteiger partial charge in [-0.25, -0.2) is 0 Å². The maximum absolute atomic E-state index is 5.73. The maximum Gasteiger partial charge on any atom is 0.157 e. The monoisotopic (exact) mass is 291 g/mol. The molecule has 0 aliphatic rings. The van der Waals surface area contributed by atoms with Gasteiger partial charge in [0.25, 0.3) is 0 Å². The second kappa shape index (κ2) is 7.31. The molecule has 0 saturated heterocycles. The zero-order chi connectivity index (χ0) is 15.2. The lowest BCUT2D eigenvalue weighted by molar-refractivity contribution is 0.267. The number of hydrogen-bond acceptors (Lipinski definition) is 4. The van der Waals surface area contributed by atoms with Gasteiger partial charge >= 0.3 is 0 Å². The molecule has 5 nitrogen and oxygen atoms in total. The molecule has 0 amide bonds. The number of aryl methyl sites for hydroxylation is 2. The largest absolute Gasteiger partial charge is 0.482 e. The molecule has 0 spiro atoms. The van der Waals surface area contributed by atoms with Crippen LogP contribution in [0.1, 0.15) is 44.3 Å². The summed E-state index contributed by atoms with van der Waals surface area (Å²) in [6.07, 6.45) is 4.72. The molecule has 0 unspecified atom stereocenters. The van der Waals surface area contributed by atoms with Crippen molar-refractivity contribution in [2.24, 2.45) is 0 Å². The van der Waals surface area contributed by atoms with Gasteiger partial charge in [0.05, 0.1) is 12.4 Å². The van der Waals surface area contributed by atoms with Crippen molar-refractivity contribution in [3.05, 3.63) is 35.5 Å². The molecular weight excluding hydrogens is 266 g/mol. The van der Waals surface area contributed by atoms with Crippen molar-refractivity contribution in [3.8, 4) is 5.75 Å². The van der Waals surface area contributed by atoms with Crippen LogP contribution >= 0.6 is 0 Å². The van der Waals surface area contributed by atoms with Crippen molar-refractivity contribution in [1.29, 1.82) is 0 Å². The lowest BCUT2D eigenvalue weighted by Crippen LogP contribution is -2.21. The van der Waals surface area contributed by atoms with E-state index in [4.69, 9.17) is 9.15 Å². The summed E-state index contributed by atoms with van der Waals surface area (Å²) in [5.41, 5.74) is 1.18. The third-order valence-corrected chi connectivity index (χ3v) is 3.22. The van der Waals surface area contributed by atoms with Crippen LogP contribution in [0.25, 0.3) is 0 Å². The fourth-order valence-corrected chi connectivity index (χ4v) is 2.07. The van der Waals surface area contributed by atoms with Gasteiger partial charge in [0.1, 0.15) is 18.1 Å². The van der Waals surface area contributed by atoms with Crippen molar-refractivity contribution < 1.29 is 9.15 Å². The topological polar surface area (TPSA) is 52.2 Å². The van der Waals surface area contributed by atoms with Crippen LogP contribution in [0.2, 0.25) is 0 Å². The molecule has 0 radical (unpaired) electrons. The minimum absolute atomic E-state index is 0.431. The van der Waals surface area contributed by atoms with E-state index in [9.17, 15) is 0 Å². The normalized spacial score (nSPS) is 11.3. The first-order valence-electron chi connectivity index (χ1n) is 7.55. The predicted octanol–water partition coefficient (Wildman–Crippen LogP) is 3.27. The number of furan rings is 1. The Labute approximate surface area is 126 Å². The van der Waals surface area contributed by atoms with Crippen molar-refractivity contribution in [3.63, 3.8) is 0 Å². The van der Waals surface area contributed by atoms with Crippen LogP contribution in [0.4, 0.5) is 0 Å². The molecule has 2 rings (SSSR count). The van der Waals surface area contributed by atoms with Gasteiger partial charge < -0.3 is 14.5 Å². The molecule has 0 bridgehead atoms. The first kappa shape index (κ1) is 15.6.